The molecule has 0 aromatic carbocycles. The van der Waals surface area contributed by atoms with Crippen molar-refractivity contribution in [1.29, 1.82) is 0 Å². The van der Waals surface area contributed by atoms with E-state index >= 15 is 0 Å². The van der Waals surface area contributed by atoms with Crippen LogP contribution in [-0.4, -0.2) is 42.6 Å². The molecule has 2 fully saturated rings. The number of hydrogen-bond donors (Lipinski definition) is 1. The third kappa shape index (κ3) is 3.20. The SMILES string of the molecule is COc1ccc(C(O)C2CCOC3(CCOCC3)C2)cn1. The van der Waals surface area contributed by atoms with Gasteiger partial charge in [-0.1, -0.05) is 0 Å². The van der Waals surface area contributed by atoms with Crippen molar-refractivity contribution < 1.29 is 19.3 Å². The summed E-state index contributed by atoms with van der Waals surface area (Å²) in [4.78, 5) is 4.18. The van der Waals surface area contributed by atoms with Gasteiger partial charge in [0.25, 0.3) is 0 Å². The van der Waals surface area contributed by atoms with Gasteiger partial charge in [-0.15, -0.1) is 0 Å². The van der Waals surface area contributed by atoms with Crippen molar-refractivity contribution >= 4 is 0 Å². The molecule has 3 rings (SSSR count). The maximum absolute atomic E-state index is 10.7. The molecule has 2 aliphatic heterocycles. The monoisotopic (exact) mass is 293 g/mol. The second-order valence-corrected chi connectivity index (χ2v) is 5.98. The zero-order valence-electron chi connectivity index (χ0n) is 12.5. The molecule has 3 heterocycles. The molecular weight excluding hydrogens is 270 g/mol. The standard InChI is InChI=1S/C16H23NO4/c1-19-14-3-2-13(11-17-14)15(18)12-4-7-21-16(10-12)5-8-20-9-6-16/h2-3,11-12,15,18H,4-10H2,1H3. The quantitative estimate of drug-likeness (QED) is 0.924. The molecule has 1 aromatic rings. The summed E-state index contributed by atoms with van der Waals surface area (Å²) in [5.41, 5.74) is 0.757. The van der Waals surface area contributed by atoms with E-state index < -0.39 is 6.10 Å². The first kappa shape index (κ1) is 14.8. The smallest absolute Gasteiger partial charge is 0.212 e. The van der Waals surface area contributed by atoms with E-state index in [9.17, 15) is 5.11 Å². The van der Waals surface area contributed by atoms with Crippen molar-refractivity contribution in [3.8, 4) is 5.88 Å². The fourth-order valence-electron chi connectivity index (χ4n) is 3.39. The molecule has 21 heavy (non-hydrogen) atoms. The molecule has 2 aliphatic rings. The van der Waals surface area contributed by atoms with E-state index in [-0.39, 0.29) is 11.5 Å². The molecule has 0 radical (unpaired) electrons. The second-order valence-electron chi connectivity index (χ2n) is 5.98. The largest absolute Gasteiger partial charge is 0.481 e. The minimum absolute atomic E-state index is 0.0952. The van der Waals surface area contributed by atoms with Crippen LogP contribution in [0.2, 0.25) is 0 Å². The summed E-state index contributed by atoms with van der Waals surface area (Å²) in [5, 5.41) is 10.7. The van der Waals surface area contributed by atoms with Crippen LogP contribution >= 0.6 is 0 Å². The second kappa shape index (κ2) is 6.30. The lowest BCUT2D eigenvalue weighted by atomic mass is 9.77. The normalized spacial score (nSPS) is 26.5. The molecule has 0 aliphatic carbocycles. The fourth-order valence-corrected chi connectivity index (χ4v) is 3.39. The number of aliphatic hydroxyl groups is 1. The van der Waals surface area contributed by atoms with Gasteiger partial charge in [0.15, 0.2) is 0 Å². The van der Waals surface area contributed by atoms with Crippen molar-refractivity contribution in [2.45, 2.75) is 37.4 Å². The highest BCUT2D eigenvalue weighted by atomic mass is 16.5. The molecule has 1 N–H and O–H groups in total. The zero-order chi connectivity index (χ0) is 14.7. The van der Waals surface area contributed by atoms with Gasteiger partial charge in [-0.25, -0.2) is 4.98 Å². The number of aliphatic hydroxyl groups excluding tert-OH is 1. The zero-order valence-corrected chi connectivity index (χ0v) is 12.5. The summed E-state index contributed by atoms with van der Waals surface area (Å²) in [7, 11) is 1.59. The molecule has 116 valence electrons. The van der Waals surface area contributed by atoms with Gasteiger partial charge < -0.3 is 19.3 Å². The third-order valence-electron chi connectivity index (χ3n) is 4.69. The highest BCUT2D eigenvalue weighted by Gasteiger charge is 2.41. The number of rotatable bonds is 3. The first-order chi connectivity index (χ1) is 10.2. The number of hydrogen-bond acceptors (Lipinski definition) is 5. The van der Waals surface area contributed by atoms with Gasteiger partial charge in [-0.05, 0) is 43.2 Å². The Hall–Kier alpha value is -1.17. The van der Waals surface area contributed by atoms with Crippen LogP contribution in [0.4, 0.5) is 0 Å². The van der Waals surface area contributed by atoms with Gasteiger partial charge in [0, 0.05) is 32.1 Å². The molecule has 5 heteroatoms. The van der Waals surface area contributed by atoms with Gasteiger partial charge in [-0.3, -0.25) is 0 Å². The van der Waals surface area contributed by atoms with E-state index in [1.54, 1.807) is 19.4 Å². The minimum Gasteiger partial charge on any atom is -0.481 e. The number of methoxy groups -OCH3 is 1. The van der Waals surface area contributed by atoms with Crippen molar-refractivity contribution in [3.05, 3.63) is 23.9 Å². The maximum Gasteiger partial charge on any atom is 0.212 e. The Labute approximate surface area is 125 Å². The van der Waals surface area contributed by atoms with Crippen molar-refractivity contribution in [2.75, 3.05) is 26.9 Å². The summed E-state index contributed by atoms with van der Waals surface area (Å²) in [6.07, 6.45) is 4.84. The van der Waals surface area contributed by atoms with E-state index in [4.69, 9.17) is 14.2 Å². The number of pyridine rings is 1. The molecule has 0 amide bonds. The lowest BCUT2D eigenvalue weighted by molar-refractivity contribution is -0.159. The van der Waals surface area contributed by atoms with E-state index in [1.807, 2.05) is 6.07 Å². The Kier molecular flexibility index (Phi) is 4.42. The summed E-state index contributed by atoms with van der Waals surface area (Å²) in [6.45, 7) is 2.23. The number of aromatic nitrogens is 1. The van der Waals surface area contributed by atoms with Crippen LogP contribution < -0.4 is 4.74 Å². The van der Waals surface area contributed by atoms with Gasteiger partial charge in [0.05, 0.1) is 18.8 Å². The highest BCUT2D eigenvalue weighted by molar-refractivity contribution is 5.20. The van der Waals surface area contributed by atoms with Crippen molar-refractivity contribution in [3.63, 3.8) is 0 Å². The Morgan fingerprint density at radius 2 is 2.14 bits per heavy atom. The maximum atomic E-state index is 10.7. The Balaban J connectivity index is 1.69. The lowest BCUT2D eigenvalue weighted by Gasteiger charge is -2.44. The minimum atomic E-state index is -0.493. The third-order valence-corrected chi connectivity index (χ3v) is 4.69. The van der Waals surface area contributed by atoms with Crippen LogP contribution in [0, 0.1) is 5.92 Å². The van der Waals surface area contributed by atoms with Crippen LogP contribution in [0.25, 0.3) is 0 Å². The van der Waals surface area contributed by atoms with Crippen molar-refractivity contribution in [1.82, 2.24) is 4.98 Å². The molecule has 0 saturated carbocycles. The Morgan fingerprint density at radius 1 is 1.33 bits per heavy atom. The highest BCUT2D eigenvalue weighted by Crippen LogP contribution is 2.41. The number of nitrogens with zero attached hydrogens (tertiary/aromatic N) is 1. The predicted octanol–water partition coefficient (Wildman–Crippen LogP) is 2.10. The van der Waals surface area contributed by atoms with Gasteiger partial charge in [0.1, 0.15) is 0 Å². The fraction of sp³-hybridized carbons (Fsp3) is 0.688. The summed E-state index contributed by atoms with van der Waals surface area (Å²) < 4.78 is 16.5. The molecule has 0 bridgehead atoms. The molecular formula is C16H23NO4. The predicted molar refractivity (Wildman–Crippen MR) is 77.2 cm³/mol. The molecule has 2 unspecified atom stereocenters. The van der Waals surface area contributed by atoms with Gasteiger partial charge in [-0.2, -0.15) is 0 Å². The Morgan fingerprint density at radius 3 is 2.81 bits per heavy atom. The molecule has 1 aromatic heterocycles. The van der Waals surface area contributed by atoms with Crippen LogP contribution in [0.3, 0.4) is 0 Å². The summed E-state index contributed by atoms with van der Waals surface area (Å²) in [5.74, 6) is 0.783. The first-order valence-corrected chi connectivity index (χ1v) is 7.62. The van der Waals surface area contributed by atoms with E-state index in [2.05, 4.69) is 4.98 Å². The first-order valence-electron chi connectivity index (χ1n) is 7.62. The van der Waals surface area contributed by atoms with E-state index in [1.165, 1.54) is 0 Å². The van der Waals surface area contributed by atoms with Crippen molar-refractivity contribution in [2.24, 2.45) is 5.92 Å². The van der Waals surface area contributed by atoms with Gasteiger partial charge in [0.2, 0.25) is 5.88 Å². The van der Waals surface area contributed by atoms with Gasteiger partial charge >= 0.3 is 0 Å². The topological polar surface area (TPSA) is 60.8 Å². The van der Waals surface area contributed by atoms with Crippen LogP contribution in [0.15, 0.2) is 18.3 Å². The molecule has 2 atom stereocenters. The van der Waals surface area contributed by atoms with Crippen LogP contribution in [-0.2, 0) is 9.47 Å². The summed E-state index contributed by atoms with van der Waals surface area (Å²) >= 11 is 0. The average molecular weight is 293 g/mol. The summed E-state index contributed by atoms with van der Waals surface area (Å²) in [6, 6.07) is 3.69. The van der Waals surface area contributed by atoms with E-state index in [0.717, 1.165) is 44.5 Å². The molecule has 5 nitrogen and oxygen atoms in total. The average Bonchev–Trinajstić information content (AvgIpc) is 2.55. The lowest BCUT2D eigenvalue weighted by Crippen LogP contribution is -2.45. The van der Waals surface area contributed by atoms with E-state index in [0.29, 0.717) is 12.5 Å². The molecule has 1 spiro atoms. The van der Waals surface area contributed by atoms with Crippen LogP contribution in [0.5, 0.6) is 5.88 Å². The molecule has 2 saturated heterocycles. The number of ether oxygens (including phenoxy) is 3. The van der Waals surface area contributed by atoms with Crippen LogP contribution in [0.1, 0.15) is 37.4 Å². The Bertz CT molecular complexity index is 450.